The first kappa shape index (κ1) is 17.7. The monoisotopic (exact) mass is 384 g/mol. The molecular formula is C20H20N2O4S. The Hall–Kier alpha value is -2.67. The van der Waals surface area contributed by atoms with Crippen molar-refractivity contribution >= 4 is 27.5 Å². The second kappa shape index (κ2) is 7.52. The van der Waals surface area contributed by atoms with Crippen LogP contribution in [0, 0.1) is 0 Å². The number of carbonyl (C=O) groups is 1. The number of aryl methyl sites for hydroxylation is 2. The molecule has 1 N–H and O–H groups in total. The Morgan fingerprint density at radius 1 is 1.30 bits per heavy atom. The van der Waals surface area contributed by atoms with Crippen molar-refractivity contribution in [2.75, 3.05) is 7.11 Å². The Kier molecular flexibility index (Phi) is 4.94. The van der Waals surface area contributed by atoms with Gasteiger partial charge in [0.05, 0.1) is 18.9 Å². The minimum Gasteiger partial charge on any atom is -0.497 e. The number of hydrogen-bond donors (Lipinski definition) is 1. The fourth-order valence-electron chi connectivity index (χ4n) is 3.43. The van der Waals surface area contributed by atoms with Gasteiger partial charge >= 0.3 is 5.97 Å². The summed E-state index contributed by atoms with van der Waals surface area (Å²) < 4.78 is 10.5. The van der Waals surface area contributed by atoms with Crippen molar-refractivity contribution in [1.29, 1.82) is 0 Å². The van der Waals surface area contributed by atoms with E-state index in [9.17, 15) is 9.59 Å². The molecule has 0 amide bonds. The van der Waals surface area contributed by atoms with E-state index in [0.717, 1.165) is 41.6 Å². The van der Waals surface area contributed by atoms with Gasteiger partial charge in [-0.25, -0.2) is 4.98 Å². The van der Waals surface area contributed by atoms with Crippen LogP contribution in [0.4, 0.5) is 0 Å². The number of benzene rings is 1. The van der Waals surface area contributed by atoms with E-state index < -0.39 is 0 Å². The predicted octanol–water partition coefficient (Wildman–Crippen LogP) is 3.16. The molecule has 27 heavy (non-hydrogen) atoms. The average Bonchev–Trinajstić information content (AvgIpc) is 3.05. The molecule has 2 aromatic heterocycles. The van der Waals surface area contributed by atoms with Crippen molar-refractivity contribution in [1.82, 2.24) is 9.97 Å². The predicted molar refractivity (Wildman–Crippen MR) is 103 cm³/mol. The van der Waals surface area contributed by atoms with Crippen LogP contribution in [0.2, 0.25) is 0 Å². The maximum atomic E-state index is 12.5. The van der Waals surface area contributed by atoms with E-state index in [1.807, 2.05) is 18.2 Å². The van der Waals surface area contributed by atoms with Crippen LogP contribution in [0.15, 0.2) is 29.1 Å². The lowest BCUT2D eigenvalue weighted by Crippen LogP contribution is -2.15. The lowest BCUT2D eigenvalue weighted by atomic mass is 9.97. The number of fused-ring (bicyclic) bond motifs is 3. The Bertz CT molecular complexity index is 1050. The molecule has 6 nitrogen and oxygen atoms in total. The number of ether oxygens (including phenoxy) is 2. The van der Waals surface area contributed by atoms with Crippen LogP contribution in [0.3, 0.4) is 0 Å². The summed E-state index contributed by atoms with van der Waals surface area (Å²) in [6.45, 7) is -0.0451. The zero-order valence-corrected chi connectivity index (χ0v) is 15.9. The Labute approximate surface area is 160 Å². The smallest absolute Gasteiger partial charge is 0.310 e. The molecule has 3 aromatic rings. The minimum atomic E-state index is -0.378. The standard InChI is InChI=1S/C20H20N2O4S/c1-25-13-6-4-5-12(9-13)10-17(23)26-11-16-21-19(24)18-14-7-2-3-8-15(14)27-20(18)22-16/h4-6,9H,2-3,7-8,10-11H2,1H3,(H,21,22,24). The second-order valence-electron chi connectivity index (χ2n) is 6.59. The maximum Gasteiger partial charge on any atom is 0.310 e. The van der Waals surface area contributed by atoms with Crippen molar-refractivity contribution in [2.45, 2.75) is 38.7 Å². The molecule has 0 saturated carbocycles. The third-order valence-electron chi connectivity index (χ3n) is 4.73. The number of H-pyrrole nitrogens is 1. The fourth-order valence-corrected chi connectivity index (χ4v) is 4.71. The van der Waals surface area contributed by atoms with Gasteiger partial charge in [0, 0.05) is 4.88 Å². The van der Waals surface area contributed by atoms with Crippen molar-refractivity contribution in [3.05, 3.63) is 56.4 Å². The SMILES string of the molecule is COc1cccc(CC(=O)OCc2nc3sc4c(c3c(=O)[nH]2)CCCC4)c1. The molecule has 0 fully saturated rings. The van der Waals surface area contributed by atoms with Crippen LogP contribution in [0.1, 0.15) is 34.7 Å². The van der Waals surface area contributed by atoms with Crippen molar-refractivity contribution in [3.8, 4) is 5.75 Å². The molecule has 0 unspecified atom stereocenters. The number of aromatic nitrogens is 2. The van der Waals surface area contributed by atoms with Gasteiger partial charge in [-0.05, 0) is 48.9 Å². The topological polar surface area (TPSA) is 81.3 Å². The highest BCUT2D eigenvalue weighted by Gasteiger charge is 2.20. The van der Waals surface area contributed by atoms with Crippen LogP contribution in [-0.2, 0) is 35.4 Å². The molecule has 4 rings (SSSR count). The fraction of sp³-hybridized carbons (Fsp3) is 0.350. The summed E-state index contributed by atoms with van der Waals surface area (Å²) in [5.74, 6) is 0.694. The van der Waals surface area contributed by atoms with Gasteiger partial charge in [-0.2, -0.15) is 0 Å². The first-order valence-corrected chi connectivity index (χ1v) is 9.77. The van der Waals surface area contributed by atoms with Crippen molar-refractivity contribution < 1.29 is 14.3 Å². The number of carbonyl (C=O) groups excluding carboxylic acids is 1. The molecule has 1 aliphatic rings. The molecule has 140 valence electrons. The highest BCUT2D eigenvalue weighted by molar-refractivity contribution is 7.18. The van der Waals surface area contributed by atoms with Crippen LogP contribution in [0.5, 0.6) is 5.75 Å². The zero-order valence-electron chi connectivity index (χ0n) is 15.0. The zero-order chi connectivity index (χ0) is 18.8. The first-order valence-electron chi connectivity index (χ1n) is 8.96. The molecule has 0 radical (unpaired) electrons. The summed E-state index contributed by atoms with van der Waals surface area (Å²) >= 11 is 1.58. The van der Waals surface area contributed by atoms with E-state index in [2.05, 4.69) is 9.97 Å². The summed E-state index contributed by atoms with van der Waals surface area (Å²) in [5, 5.41) is 0.709. The van der Waals surface area contributed by atoms with E-state index in [-0.39, 0.29) is 24.6 Å². The summed E-state index contributed by atoms with van der Waals surface area (Å²) in [6, 6.07) is 7.28. The van der Waals surface area contributed by atoms with Crippen molar-refractivity contribution in [2.24, 2.45) is 0 Å². The number of methoxy groups -OCH3 is 1. The molecule has 0 atom stereocenters. The van der Waals surface area contributed by atoms with Gasteiger partial charge in [-0.15, -0.1) is 11.3 Å². The third-order valence-corrected chi connectivity index (χ3v) is 5.91. The summed E-state index contributed by atoms with van der Waals surface area (Å²) in [5.41, 5.74) is 1.82. The van der Waals surface area contributed by atoms with Gasteiger partial charge in [0.15, 0.2) is 0 Å². The van der Waals surface area contributed by atoms with Gasteiger partial charge in [0.25, 0.3) is 5.56 Å². The second-order valence-corrected chi connectivity index (χ2v) is 7.68. The van der Waals surface area contributed by atoms with E-state index >= 15 is 0 Å². The van der Waals surface area contributed by atoms with Gasteiger partial charge < -0.3 is 14.5 Å². The van der Waals surface area contributed by atoms with E-state index in [1.54, 1.807) is 24.5 Å². The van der Waals surface area contributed by atoms with E-state index in [1.165, 1.54) is 4.88 Å². The first-order chi connectivity index (χ1) is 13.1. The summed E-state index contributed by atoms with van der Waals surface area (Å²) in [6.07, 6.45) is 4.36. The number of thiophene rings is 1. The summed E-state index contributed by atoms with van der Waals surface area (Å²) in [7, 11) is 1.58. The molecule has 0 aliphatic heterocycles. The number of hydrogen-bond acceptors (Lipinski definition) is 6. The molecule has 1 aliphatic carbocycles. The quantitative estimate of drug-likeness (QED) is 0.684. The Morgan fingerprint density at radius 3 is 3.00 bits per heavy atom. The lowest BCUT2D eigenvalue weighted by Gasteiger charge is -2.09. The Balaban J connectivity index is 1.47. The van der Waals surface area contributed by atoms with Gasteiger partial charge in [-0.3, -0.25) is 9.59 Å². The highest BCUT2D eigenvalue weighted by atomic mass is 32.1. The van der Waals surface area contributed by atoms with Crippen LogP contribution in [0.25, 0.3) is 10.2 Å². The number of aromatic amines is 1. The third kappa shape index (κ3) is 3.73. The number of esters is 1. The van der Waals surface area contributed by atoms with Crippen LogP contribution < -0.4 is 10.3 Å². The maximum absolute atomic E-state index is 12.5. The molecule has 0 bridgehead atoms. The molecule has 7 heteroatoms. The number of nitrogens with one attached hydrogen (secondary N) is 1. The molecule has 1 aromatic carbocycles. The molecule has 2 heterocycles. The largest absolute Gasteiger partial charge is 0.497 e. The molecule has 0 saturated heterocycles. The van der Waals surface area contributed by atoms with Gasteiger partial charge in [-0.1, -0.05) is 12.1 Å². The van der Waals surface area contributed by atoms with Gasteiger partial charge in [0.1, 0.15) is 23.0 Å². The lowest BCUT2D eigenvalue weighted by molar-refractivity contribution is -0.144. The molecule has 0 spiro atoms. The molecular weight excluding hydrogens is 364 g/mol. The van der Waals surface area contributed by atoms with Crippen molar-refractivity contribution in [3.63, 3.8) is 0 Å². The van der Waals surface area contributed by atoms with E-state index in [0.29, 0.717) is 17.0 Å². The Morgan fingerprint density at radius 2 is 2.15 bits per heavy atom. The summed E-state index contributed by atoms with van der Waals surface area (Å²) in [4.78, 5) is 33.9. The van der Waals surface area contributed by atoms with Crippen LogP contribution >= 0.6 is 11.3 Å². The highest BCUT2D eigenvalue weighted by Crippen LogP contribution is 2.33. The van der Waals surface area contributed by atoms with Gasteiger partial charge in [0.2, 0.25) is 0 Å². The number of nitrogens with zero attached hydrogens (tertiary/aromatic N) is 1. The van der Waals surface area contributed by atoms with E-state index in [4.69, 9.17) is 9.47 Å². The minimum absolute atomic E-state index is 0.0451. The number of rotatable bonds is 5. The van der Waals surface area contributed by atoms with Crippen LogP contribution in [-0.4, -0.2) is 23.0 Å². The average molecular weight is 384 g/mol. The normalized spacial score (nSPS) is 13.4.